The lowest BCUT2D eigenvalue weighted by Crippen LogP contribution is -2.46. The highest BCUT2D eigenvalue weighted by atomic mass is 32.2. The molecule has 0 heterocycles. The molecule has 0 aromatic heterocycles. The van der Waals surface area contributed by atoms with Crippen LogP contribution in [0.25, 0.3) is 0 Å². The maximum atomic E-state index is 13.5. The van der Waals surface area contributed by atoms with Crippen molar-refractivity contribution in [1.82, 2.24) is 5.32 Å². The van der Waals surface area contributed by atoms with Gasteiger partial charge in [-0.25, -0.2) is 8.42 Å². The van der Waals surface area contributed by atoms with E-state index in [9.17, 15) is 13.2 Å². The van der Waals surface area contributed by atoms with Gasteiger partial charge in [0.05, 0.1) is 10.6 Å². The maximum Gasteiger partial charge on any atom is 0.264 e. The number of carbonyl (C=O) groups is 1. The van der Waals surface area contributed by atoms with Crippen LogP contribution in [-0.2, 0) is 14.8 Å². The molecule has 2 aliphatic carbocycles. The average molecular weight is 445 g/mol. The van der Waals surface area contributed by atoms with E-state index in [-0.39, 0.29) is 23.4 Å². The zero-order valence-corrected chi connectivity index (χ0v) is 19.0. The van der Waals surface area contributed by atoms with E-state index in [2.05, 4.69) is 5.32 Å². The molecule has 4 rings (SSSR count). The SMILES string of the molecule is CSc1ccc(S(=O)(=O)N(CC(=O)N[C@@H]2C[C@@H]3CC[C@@H]2C3)c2ccc(C)cc2)cc1. The van der Waals surface area contributed by atoms with Crippen LogP contribution < -0.4 is 9.62 Å². The van der Waals surface area contributed by atoms with Crippen LogP contribution in [0, 0.1) is 18.8 Å². The molecule has 5 nitrogen and oxygen atoms in total. The Morgan fingerprint density at radius 2 is 1.77 bits per heavy atom. The summed E-state index contributed by atoms with van der Waals surface area (Å²) in [5.74, 6) is 1.02. The number of hydrogen-bond donors (Lipinski definition) is 1. The van der Waals surface area contributed by atoms with Crippen LogP contribution in [-0.4, -0.2) is 33.2 Å². The van der Waals surface area contributed by atoms with Gasteiger partial charge in [-0.05, 0) is 80.7 Å². The summed E-state index contributed by atoms with van der Waals surface area (Å²) in [6.07, 6.45) is 6.57. The zero-order valence-electron chi connectivity index (χ0n) is 17.4. The minimum absolute atomic E-state index is 0.180. The minimum Gasteiger partial charge on any atom is -0.352 e. The van der Waals surface area contributed by atoms with Gasteiger partial charge >= 0.3 is 0 Å². The fraction of sp³-hybridized carbons (Fsp3) is 0.435. The van der Waals surface area contributed by atoms with Crippen molar-refractivity contribution in [2.45, 2.75) is 48.4 Å². The second kappa shape index (κ2) is 8.63. The Labute approximate surface area is 183 Å². The van der Waals surface area contributed by atoms with Crippen LogP contribution in [0.4, 0.5) is 5.69 Å². The molecular weight excluding hydrogens is 416 g/mol. The molecule has 0 radical (unpaired) electrons. The first-order chi connectivity index (χ1) is 14.4. The van der Waals surface area contributed by atoms with Crippen molar-refractivity contribution in [3.8, 4) is 0 Å². The monoisotopic (exact) mass is 444 g/mol. The third-order valence-corrected chi connectivity index (χ3v) is 8.87. The highest BCUT2D eigenvalue weighted by Gasteiger charge is 2.40. The van der Waals surface area contributed by atoms with Gasteiger partial charge in [-0.3, -0.25) is 9.10 Å². The van der Waals surface area contributed by atoms with Gasteiger partial charge in [0.15, 0.2) is 0 Å². The molecule has 1 amide bonds. The molecule has 2 aromatic carbocycles. The van der Waals surface area contributed by atoms with Gasteiger partial charge in [0.2, 0.25) is 5.91 Å². The number of rotatable bonds is 7. The summed E-state index contributed by atoms with van der Waals surface area (Å²) in [5.41, 5.74) is 1.53. The number of nitrogens with one attached hydrogen (secondary N) is 1. The highest BCUT2D eigenvalue weighted by Crippen LogP contribution is 2.44. The lowest BCUT2D eigenvalue weighted by Gasteiger charge is -2.27. The van der Waals surface area contributed by atoms with Gasteiger partial charge in [0.1, 0.15) is 6.54 Å². The van der Waals surface area contributed by atoms with Crippen LogP contribution in [0.5, 0.6) is 0 Å². The van der Waals surface area contributed by atoms with Gasteiger partial charge in [-0.2, -0.15) is 0 Å². The van der Waals surface area contributed by atoms with Crippen LogP contribution in [0.3, 0.4) is 0 Å². The van der Waals surface area contributed by atoms with E-state index in [1.54, 1.807) is 48.2 Å². The molecule has 2 aliphatic rings. The summed E-state index contributed by atoms with van der Waals surface area (Å²) in [7, 11) is -3.87. The second-order valence-corrected chi connectivity index (χ2v) is 11.1. The first kappa shape index (κ1) is 21.2. The Balaban J connectivity index is 1.58. The minimum atomic E-state index is -3.87. The average Bonchev–Trinajstić information content (AvgIpc) is 3.36. The molecule has 0 aliphatic heterocycles. The molecule has 160 valence electrons. The summed E-state index contributed by atoms with van der Waals surface area (Å²) >= 11 is 1.56. The van der Waals surface area contributed by atoms with Gasteiger partial charge in [-0.15, -0.1) is 11.8 Å². The van der Waals surface area contributed by atoms with Crippen molar-refractivity contribution in [1.29, 1.82) is 0 Å². The normalized spacial score (nSPS) is 22.8. The second-order valence-electron chi connectivity index (χ2n) is 8.37. The molecule has 30 heavy (non-hydrogen) atoms. The van der Waals surface area contributed by atoms with E-state index in [0.717, 1.165) is 23.3 Å². The quantitative estimate of drug-likeness (QED) is 0.650. The summed E-state index contributed by atoms with van der Waals surface area (Å²) in [6, 6.07) is 14.2. The van der Waals surface area contributed by atoms with E-state index < -0.39 is 10.0 Å². The Morgan fingerprint density at radius 1 is 1.07 bits per heavy atom. The number of fused-ring (bicyclic) bond motifs is 2. The fourth-order valence-corrected chi connectivity index (χ4v) is 6.53. The van der Waals surface area contributed by atoms with Crippen molar-refractivity contribution in [2.24, 2.45) is 11.8 Å². The number of thioether (sulfide) groups is 1. The first-order valence-electron chi connectivity index (χ1n) is 10.4. The molecule has 0 spiro atoms. The smallest absolute Gasteiger partial charge is 0.264 e. The molecule has 0 unspecified atom stereocenters. The molecule has 2 fully saturated rings. The first-order valence-corrected chi connectivity index (χ1v) is 13.1. The summed E-state index contributed by atoms with van der Waals surface area (Å²) in [4.78, 5) is 14.1. The van der Waals surface area contributed by atoms with E-state index in [1.807, 2.05) is 25.3 Å². The van der Waals surface area contributed by atoms with E-state index in [1.165, 1.54) is 17.1 Å². The van der Waals surface area contributed by atoms with E-state index in [0.29, 0.717) is 17.5 Å². The number of carbonyl (C=O) groups excluding carboxylic acids is 1. The largest absolute Gasteiger partial charge is 0.352 e. The van der Waals surface area contributed by atoms with E-state index in [4.69, 9.17) is 0 Å². The van der Waals surface area contributed by atoms with Crippen LogP contribution in [0.15, 0.2) is 58.3 Å². The lowest BCUT2D eigenvalue weighted by atomic mass is 9.95. The fourth-order valence-electron chi connectivity index (χ4n) is 4.71. The number of anilines is 1. The molecule has 7 heteroatoms. The van der Waals surface area contributed by atoms with Gasteiger partial charge in [-0.1, -0.05) is 24.1 Å². The molecular formula is C23H28N2O3S2. The Hall–Kier alpha value is -1.99. The summed E-state index contributed by atoms with van der Waals surface area (Å²) in [6.45, 7) is 1.73. The third kappa shape index (κ3) is 4.37. The number of nitrogens with zero attached hydrogens (tertiary/aromatic N) is 1. The van der Waals surface area contributed by atoms with Crippen molar-refractivity contribution in [3.05, 3.63) is 54.1 Å². The number of sulfonamides is 1. The Kier molecular flexibility index (Phi) is 6.11. The van der Waals surface area contributed by atoms with Crippen LogP contribution in [0.1, 0.15) is 31.2 Å². The molecule has 2 bridgehead atoms. The van der Waals surface area contributed by atoms with Gasteiger partial charge in [0, 0.05) is 10.9 Å². The predicted molar refractivity (Wildman–Crippen MR) is 121 cm³/mol. The van der Waals surface area contributed by atoms with Crippen molar-refractivity contribution in [2.75, 3.05) is 17.1 Å². The molecule has 3 atom stereocenters. The maximum absolute atomic E-state index is 13.5. The van der Waals surface area contributed by atoms with E-state index >= 15 is 0 Å². The molecule has 2 saturated carbocycles. The topological polar surface area (TPSA) is 66.5 Å². The predicted octanol–water partition coefficient (Wildman–Crippen LogP) is 4.22. The standard InChI is InChI=1S/C23H28N2O3S2/c1-16-3-7-19(8-4-16)25(30(27,28)21-11-9-20(29-2)10-12-21)15-23(26)24-22-14-17-5-6-18(22)13-17/h3-4,7-12,17-18,22H,5-6,13-15H2,1-2H3,(H,24,26)/t17-,18-,22-/m1/s1. The molecule has 1 N–H and O–H groups in total. The zero-order chi connectivity index (χ0) is 21.3. The summed E-state index contributed by atoms with van der Waals surface area (Å²) < 4.78 is 28.1. The number of aryl methyl sites for hydroxylation is 1. The lowest BCUT2D eigenvalue weighted by molar-refractivity contribution is -0.120. The molecule has 2 aromatic rings. The van der Waals surface area contributed by atoms with Crippen molar-refractivity contribution in [3.63, 3.8) is 0 Å². The number of hydrogen-bond acceptors (Lipinski definition) is 4. The Morgan fingerprint density at radius 3 is 2.33 bits per heavy atom. The van der Waals surface area contributed by atoms with Crippen molar-refractivity contribution >= 4 is 33.4 Å². The highest BCUT2D eigenvalue weighted by molar-refractivity contribution is 7.98. The van der Waals surface area contributed by atoms with Crippen molar-refractivity contribution < 1.29 is 13.2 Å². The van der Waals surface area contributed by atoms with Gasteiger partial charge < -0.3 is 5.32 Å². The molecule has 0 saturated heterocycles. The third-order valence-electron chi connectivity index (χ3n) is 6.34. The van der Waals surface area contributed by atoms with Crippen LogP contribution in [0.2, 0.25) is 0 Å². The van der Waals surface area contributed by atoms with Crippen LogP contribution >= 0.6 is 11.8 Å². The van der Waals surface area contributed by atoms with Gasteiger partial charge in [0.25, 0.3) is 10.0 Å². The Bertz CT molecular complexity index is 1000. The number of amides is 1. The summed E-state index contributed by atoms with van der Waals surface area (Å²) in [5, 5.41) is 3.12. The number of benzene rings is 2.